The number of hydrogen-bond acceptors (Lipinski definition) is 5. The Morgan fingerprint density at radius 2 is 1.80 bits per heavy atom. The monoisotopic (exact) mass is 580 g/mol. The third-order valence-electron chi connectivity index (χ3n) is 5.82. The normalized spacial score (nSPS) is 10.2. The Kier molecular flexibility index (Phi) is 24.9. The van der Waals surface area contributed by atoms with Crippen LogP contribution in [-0.4, -0.2) is 35.0 Å². The minimum Gasteiger partial charge on any atom is -0.857 e. The first-order valence-corrected chi connectivity index (χ1v) is 14.8. The summed E-state index contributed by atoms with van der Waals surface area (Å²) in [6.45, 7) is 12.8. The van der Waals surface area contributed by atoms with Gasteiger partial charge in [0.05, 0.1) is 17.8 Å². The summed E-state index contributed by atoms with van der Waals surface area (Å²) in [4.78, 5) is 28.3. The Morgan fingerprint density at radius 3 is 2.38 bits per heavy atom. The van der Waals surface area contributed by atoms with Crippen molar-refractivity contribution in [1.29, 1.82) is 0 Å². The maximum absolute atomic E-state index is 12.0. The Labute approximate surface area is 268 Å². The average molecular weight is 581 g/mol. The predicted octanol–water partition coefficient (Wildman–Crippen LogP) is 3.84. The minimum absolute atomic E-state index is 0. The van der Waals surface area contributed by atoms with E-state index in [2.05, 4.69) is 36.4 Å². The summed E-state index contributed by atoms with van der Waals surface area (Å²) >= 11 is 1.35. The summed E-state index contributed by atoms with van der Waals surface area (Å²) in [6.07, 6.45) is 11.9. The molecule has 3 aromatic rings. The topological polar surface area (TPSA) is 99.1 Å². The van der Waals surface area contributed by atoms with Crippen molar-refractivity contribution in [3.05, 3.63) is 59.2 Å². The molecule has 3 rings (SSSR count). The van der Waals surface area contributed by atoms with Gasteiger partial charge in [0, 0.05) is 30.4 Å². The average Bonchev–Trinajstić information content (AvgIpc) is 3.61. The summed E-state index contributed by atoms with van der Waals surface area (Å²) in [6, 6.07) is 9.71. The van der Waals surface area contributed by atoms with Crippen LogP contribution in [0.5, 0.6) is 0 Å². The van der Waals surface area contributed by atoms with Crippen LogP contribution in [0.15, 0.2) is 48.1 Å². The van der Waals surface area contributed by atoms with Crippen molar-refractivity contribution in [3.8, 4) is 11.3 Å². The van der Waals surface area contributed by atoms with Gasteiger partial charge in [0.25, 0.3) is 5.91 Å². The molecule has 40 heavy (non-hydrogen) atoms. The van der Waals surface area contributed by atoms with E-state index in [0.29, 0.717) is 10.7 Å². The Balaban J connectivity index is 0. The fraction of sp³-hybridized carbons (Fsp3) is 0.516. The molecule has 2 N–H and O–H groups in total. The first-order valence-electron chi connectivity index (χ1n) is 14.0. The molecule has 1 atom stereocenters. The zero-order valence-electron chi connectivity index (χ0n) is 26.2. The van der Waals surface area contributed by atoms with E-state index in [9.17, 15) is 9.59 Å². The van der Waals surface area contributed by atoms with Crippen LogP contribution in [0.25, 0.3) is 11.3 Å². The van der Waals surface area contributed by atoms with E-state index < -0.39 is 0 Å². The molecule has 1 unspecified atom stereocenters. The van der Waals surface area contributed by atoms with E-state index >= 15 is 0 Å². The molecule has 0 bridgehead atoms. The number of benzene rings is 1. The molecule has 7 nitrogen and oxygen atoms in total. The van der Waals surface area contributed by atoms with Crippen molar-refractivity contribution in [2.45, 2.75) is 80.1 Å². The summed E-state index contributed by atoms with van der Waals surface area (Å²) in [5.41, 5.74) is 3.50. The molecular weight excluding hydrogens is 531 g/mol. The van der Waals surface area contributed by atoms with Crippen LogP contribution in [0.3, 0.4) is 0 Å². The van der Waals surface area contributed by atoms with Gasteiger partial charge >= 0.3 is 29.6 Å². The van der Waals surface area contributed by atoms with Gasteiger partial charge in [0.2, 0.25) is 5.91 Å². The number of thiazole rings is 1. The van der Waals surface area contributed by atoms with Gasteiger partial charge in [-0.1, -0.05) is 96.9 Å². The maximum Gasteiger partial charge on any atom is 1.00 e. The van der Waals surface area contributed by atoms with Crippen LogP contribution in [0.2, 0.25) is 0 Å². The van der Waals surface area contributed by atoms with Crippen LogP contribution in [0.1, 0.15) is 89.1 Å². The van der Waals surface area contributed by atoms with Crippen molar-refractivity contribution in [2.75, 3.05) is 19.0 Å². The second kappa shape index (κ2) is 24.8. The number of anilines is 1. The molecule has 0 saturated heterocycles. The molecule has 2 heterocycles. The standard InChI is InChI=1S/C18H18N4O2S.C10H22.C2H6.CH3O.Na/c1-12-4-3-5-13(8-12)15-11-25-18(20-15)21-16(23)9-19-17(24)14-6-7-22(2)10-14;1-4-6-7-8-9-10(3)5-2;2*1-2;/h3-8,10-11H,9H2,1-2H3,(H,19,24)(H,20,21,23);10H,4-9H2,1-3H3;1-2H3;1H3;/q;;;-1;+1. The summed E-state index contributed by atoms with van der Waals surface area (Å²) < 4.78 is 1.78. The molecule has 0 radical (unpaired) electrons. The van der Waals surface area contributed by atoms with Crippen molar-refractivity contribution < 1.29 is 44.3 Å². The smallest absolute Gasteiger partial charge is 0.857 e. The van der Waals surface area contributed by atoms with Crippen LogP contribution < -0.4 is 45.3 Å². The van der Waals surface area contributed by atoms with Crippen molar-refractivity contribution in [1.82, 2.24) is 14.9 Å². The van der Waals surface area contributed by atoms with Gasteiger partial charge in [-0.2, -0.15) is 7.11 Å². The van der Waals surface area contributed by atoms with E-state index in [1.54, 1.807) is 23.0 Å². The van der Waals surface area contributed by atoms with E-state index in [1.165, 1.54) is 49.9 Å². The summed E-state index contributed by atoms with van der Waals surface area (Å²) in [5, 5.41) is 16.0. The van der Waals surface area contributed by atoms with Gasteiger partial charge < -0.3 is 20.3 Å². The Morgan fingerprint density at radius 1 is 1.10 bits per heavy atom. The molecule has 0 aliphatic carbocycles. The number of hydrogen-bond donors (Lipinski definition) is 2. The van der Waals surface area contributed by atoms with E-state index in [-0.39, 0.29) is 47.9 Å². The molecule has 0 spiro atoms. The molecule has 9 heteroatoms. The molecular formula is C31H49N4NaO3S. The number of amides is 2. The maximum atomic E-state index is 12.0. The number of carbonyl (C=O) groups excluding carboxylic acids is 2. The number of aromatic nitrogens is 2. The van der Waals surface area contributed by atoms with Gasteiger partial charge in [-0.3, -0.25) is 9.59 Å². The van der Waals surface area contributed by atoms with E-state index in [0.717, 1.165) is 29.8 Å². The van der Waals surface area contributed by atoms with Gasteiger partial charge in [-0.05, 0) is 25.0 Å². The number of aryl methyl sites for hydroxylation is 2. The molecule has 2 aromatic heterocycles. The number of nitrogens with one attached hydrogen (secondary N) is 2. The molecule has 0 aliphatic rings. The summed E-state index contributed by atoms with van der Waals surface area (Å²) in [7, 11) is 2.58. The quantitative estimate of drug-likeness (QED) is 0.266. The first-order chi connectivity index (χ1) is 18.8. The van der Waals surface area contributed by atoms with Crippen LogP contribution >= 0.6 is 11.3 Å². The minimum atomic E-state index is -0.311. The van der Waals surface area contributed by atoms with Gasteiger partial charge in [0.1, 0.15) is 0 Å². The zero-order chi connectivity index (χ0) is 29.6. The van der Waals surface area contributed by atoms with Crippen LogP contribution in [0.4, 0.5) is 5.13 Å². The number of rotatable bonds is 11. The van der Waals surface area contributed by atoms with Crippen molar-refractivity contribution >= 4 is 28.3 Å². The molecule has 2 amide bonds. The molecule has 0 aliphatic heterocycles. The Hall–Kier alpha value is -1.97. The SMILES string of the molecule is CC.CCCCCCC(C)CC.C[O-].Cc1cccc(-c2csc(NC(=O)CNC(=O)c3ccn(C)c3)n2)c1.[Na+]. The number of nitrogens with zero attached hydrogens (tertiary/aromatic N) is 2. The van der Waals surface area contributed by atoms with Gasteiger partial charge in [-0.25, -0.2) is 4.98 Å². The molecule has 218 valence electrons. The van der Waals surface area contributed by atoms with Crippen molar-refractivity contribution in [3.63, 3.8) is 0 Å². The summed E-state index contributed by atoms with van der Waals surface area (Å²) in [5.74, 6) is 0.363. The number of carbonyl (C=O) groups is 2. The van der Waals surface area contributed by atoms with E-state index in [4.69, 9.17) is 5.11 Å². The fourth-order valence-electron chi connectivity index (χ4n) is 3.46. The van der Waals surface area contributed by atoms with Gasteiger partial charge in [-0.15, -0.1) is 11.3 Å². The Bertz CT molecular complexity index is 1070. The second-order valence-corrected chi connectivity index (χ2v) is 9.92. The van der Waals surface area contributed by atoms with Crippen LogP contribution in [-0.2, 0) is 11.8 Å². The third-order valence-corrected chi connectivity index (χ3v) is 6.57. The van der Waals surface area contributed by atoms with Crippen LogP contribution in [0, 0.1) is 12.8 Å². The fourth-order valence-corrected chi connectivity index (χ4v) is 4.19. The predicted molar refractivity (Wildman–Crippen MR) is 164 cm³/mol. The molecule has 0 fully saturated rings. The largest absolute Gasteiger partial charge is 1.00 e. The van der Waals surface area contributed by atoms with Gasteiger partial charge in [0.15, 0.2) is 5.13 Å². The zero-order valence-corrected chi connectivity index (χ0v) is 29.0. The third kappa shape index (κ3) is 17.0. The second-order valence-electron chi connectivity index (χ2n) is 9.07. The molecule has 0 saturated carbocycles. The first kappa shape index (κ1) is 40.2. The van der Waals surface area contributed by atoms with E-state index in [1.807, 2.05) is 57.5 Å². The van der Waals surface area contributed by atoms with Crippen molar-refractivity contribution in [2.24, 2.45) is 13.0 Å². The number of unbranched alkanes of at least 4 members (excludes halogenated alkanes) is 3. The molecule has 1 aromatic carbocycles.